The highest BCUT2D eigenvalue weighted by atomic mass is 32.2. The Hall–Kier alpha value is -3.31. The molecule has 0 aliphatic heterocycles. The molecule has 0 aliphatic rings. The van der Waals surface area contributed by atoms with Crippen molar-refractivity contribution in [2.45, 2.75) is 18.3 Å². The van der Waals surface area contributed by atoms with Crippen molar-refractivity contribution in [3.63, 3.8) is 0 Å². The van der Waals surface area contributed by atoms with E-state index in [1.54, 1.807) is 29.6 Å². The Labute approximate surface area is 193 Å². The summed E-state index contributed by atoms with van der Waals surface area (Å²) in [5.41, 5.74) is 1.76. The van der Waals surface area contributed by atoms with Gasteiger partial charge in [0.1, 0.15) is 16.4 Å². The second-order valence-corrected chi connectivity index (χ2v) is 8.62. The first-order valence-electron chi connectivity index (χ1n) is 9.60. The minimum absolute atomic E-state index is 0.0250. The number of hydrogen-bond donors (Lipinski definition) is 2. The molecule has 1 amide bonds. The van der Waals surface area contributed by atoms with Crippen LogP contribution in [0.3, 0.4) is 0 Å². The van der Waals surface area contributed by atoms with Crippen LogP contribution >= 0.6 is 23.1 Å². The Morgan fingerprint density at radius 3 is 2.58 bits per heavy atom. The van der Waals surface area contributed by atoms with Crippen LogP contribution in [0.25, 0.3) is 21.3 Å². The fourth-order valence-corrected chi connectivity index (χ4v) is 4.71. The van der Waals surface area contributed by atoms with Crippen LogP contribution in [0, 0.1) is 5.82 Å². The number of thiophene rings is 1. The molecule has 0 aliphatic carbocycles. The highest BCUT2D eigenvalue weighted by molar-refractivity contribution is 7.99. The molecule has 0 fully saturated rings. The van der Waals surface area contributed by atoms with Crippen molar-refractivity contribution in [3.8, 4) is 16.9 Å². The number of benzene rings is 2. The van der Waals surface area contributed by atoms with Crippen molar-refractivity contribution in [1.82, 2.24) is 15.3 Å². The largest absolute Gasteiger partial charge is 0.435 e. The zero-order valence-corrected chi connectivity index (χ0v) is 18.4. The highest BCUT2D eigenvalue weighted by Crippen LogP contribution is 2.31. The molecule has 0 spiro atoms. The first-order chi connectivity index (χ1) is 15.9. The Bertz CT molecular complexity index is 1320. The summed E-state index contributed by atoms with van der Waals surface area (Å²) in [6.45, 7) is -2.68. The van der Waals surface area contributed by atoms with Gasteiger partial charge in [-0.05, 0) is 35.4 Å². The fraction of sp³-hybridized carbons (Fsp3) is 0.136. The quantitative estimate of drug-likeness (QED) is 0.273. The standard InChI is InChI=1S/C22H16F3N3O3S2/c23-14-5-3-13(4-6-14)16-10-32-20-18(16)19(30)27-22(28-20)33-11-17(29)26-9-12-1-7-15(8-2-12)31-21(24)25/h1-8,10,21H,9,11H2,(H,26,29)(H,27,28,30). The summed E-state index contributed by atoms with van der Waals surface area (Å²) in [5, 5.41) is 5.23. The van der Waals surface area contributed by atoms with Crippen molar-refractivity contribution in [1.29, 1.82) is 0 Å². The van der Waals surface area contributed by atoms with Gasteiger partial charge < -0.3 is 15.0 Å². The predicted octanol–water partition coefficient (Wildman–Crippen LogP) is 4.80. The summed E-state index contributed by atoms with van der Waals surface area (Å²) in [5.74, 6) is -0.580. The summed E-state index contributed by atoms with van der Waals surface area (Å²) in [6.07, 6.45) is 0. The molecule has 0 saturated carbocycles. The third-order valence-corrected chi connectivity index (χ3v) is 6.30. The van der Waals surface area contributed by atoms with Gasteiger partial charge in [-0.1, -0.05) is 36.0 Å². The lowest BCUT2D eigenvalue weighted by Crippen LogP contribution is -2.24. The Morgan fingerprint density at radius 1 is 1.15 bits per heavy atom. The number of fused-ring (bicyclic) bond motifs is 1. The van der Waals surface area contributed by atoms with Gasteiger partial charge in [-0.3, -0.25) is 9.59 Å². The Balaban J connectivity index is 1.36. The minimum atomic E-state index is -2.89. The third kappa shape index (κ3) is 5.74. The average Bonchev–Trinajstić information content (AvgIpc) is 3.22. The number of carbonyl (C=O) groups is 1. The molecule has 11 heteroatoms. The molecule has 170 valence electrons. The molecule has 2 aromatic heterocycles. The van der Waals surface area contributed by atoms with Gasteiger partial charge in [-0.15, -0.1) is 11.3 Å². The van der Waals surface area contributed by atoms with Crippen molar-refractivity contribution in [2.24, 2.45) is 0 Å². The van der Waals surface area contributed by atoms with Crippen LogP contribution in [0.15, 0.2) is 63.9 Å². The maximum atomic E-state index is 13.2. The summed E-state index contributed by atoms with van der Waals surface area (Å²) in [6, 6.07) is 11.8. The maximum Gasteiger partial charge on any atom is 0.387 e. The highest BCUT2D eigenvalue weighted by Gasteiger charge is 2.14. The molecule has 2 aromatic carbocycles. The molecule has 0 radical (unpaired) electrons. The number of amides is 1. The van der Waals surface area contributed by atoms with Crippen LogP contribution in [-0.4, -0.2) is 28.2 Å². The predicted molar refractivity (Wildman–Crippen MR) is 121 cm³/mol. The van der Waals surface area contributed by atoms with E-state index in [0.717, 1.165) is 17.3 Å². The number of aromatic amines is 1. The first-order valence-corrected chi connectivity index (χ1v) is 11.5. The molecule has 0 unspecified atom stereocenters. The molecule has 4 aromatic rings. The number of H-pyrrole nitrogens is 1. The van der Waals surface area contributed by atoms with Crippen LogP contribution in [0.2, 0.25) is 0 Å². The van der Waals surface area contributed by atoms with Crippen LogP contribution < -0.4 is 15.6 Å². The van der Waals surface area contributed by atoms with E-state index in [1.807, 2.05) is 0 Å². The van der Waals surface area contributed by atoms with Gasteiger partial charge in [-0.2, -0.15) is 8.78 Å². The number of nitrogens with one attached hydrogen (secondary N) is 2. The van der Waals surface area contributed by atoms with Gasteiger partial charge >= 0.3 is 6.61 Å². The topological polar surface area (TPSA) is 84.1 Å². The van der Waals surface area contributed by atoms with Crippen molar-refractivity contribution in [3.05, 3.63) is 75.6 Å². The third-order valence-electron chi connectivity index (χ3n) is 4.56. The van der Waals surface area contributed by atoms with Gasteiger partial charge in [0, 0.05) is 17.5 Å². The molecule has 2 N–H and O–H groups in total. The Kier molecular flexibility index (Phi) is 6.99. The van der Waals surface area contributed by atoms with Gasteiger partial charge in [0.05, 0.1) is 11.1 Å². The number of halogens is 3. The van der Waals surface area contributed by atoms with E-state index in [4.69, 9.17) is 0 Å². The fourth-order valence-electron chi connectivity index (χ4n) is 3.01. The van der Waals surface area contributed by atoms with Gasteiger partial charge in [0.15, 0.2) is 5.16 Å². The lowest BCUT2D eigenvalue weighted by Gasteiger charge is -2.07. The van der Waals surface area contributed by atoms with E-state index >= 15 is 0 Å². The van der Waals surface area contributed by atoms with E-state index in [2.05, 4.69) is 20.0 Å². The number of alkyl halides is 2. The summed E-state index contributed by atoms with van der Waals surface area (Å²) >= 11 is 2.38. The number of carbonyl (C=O) groups excluding carboxylic acids is 1. The zero-order chi connectivity index (χ0) is 23.4. The molecule has 33 heavy (non-hydrogen) atoms. The van der Waals surface area contributed by atoms with Crippen LogP contribution in [0.1, 0.15) is 5.56 Å². The van der Waals surface area contributed by atoms with E-state index in [-0.39, 0.29) is 35.3 Å². The monoisotopic (exact) mass is 491 g/mol. The number of aromatic nitrogens is 2. The second-order valence-electron chi connectivity index (χ2n) is 6.80. The smallest absolute Gasteiger partial charge is 0.387 e. The molecule has 0 saturated heterocycles. The number of rotatable bonds is 8. The van der Waals surface area contributed by atoms with Crippen molar-refractivity contribution >= 4 is 39.2 Å². The van der Waals surface area contributed by atoms with Crippen molar-refractivity contribution in [2.75, 3.05) is 5.75 Å². The average molecular weight is 492 g/mol. The molecule has 6 nitrogen and oxygen atoms in total. The SMILES string of the molecule is O=C(CSc1nc2scc(-c3ccc(F)cc3)c2c(=O)[nH]1)NCc1ccc(OC(F)F)cc1. The van der Waals surface area contributed by atoms with Gasteiger partial charge in [0.2, 0.25) is 5.91 Å². The summed E-state index contributed by atoms with van der Waals surface area (Å²) in [7, 11) is 0. The minimum Gasteiger partial charge on any atom is -0.435 e. The number of thioether (sulfide) groups is 1. The molecular weight excluding hydrogens is 475 g/mol. The first kappa shape index (κ1) is 22.9. The number of hydrogen-bond acceptors (Lipinski definition) is 6. The van der Waals surface area contributed by atoms with Crippen molar-refractivity contribution < 1.29 is 22.7 Å². The molecule has 0 atom stereocenters. The van der Waals surface area contributed by atoms with Crippen LogP contribution in [-0.2, 0) is 11.3 Å². The van der Waals surface area contributed by atoms with E-state index in [1.165, 1.54) is 35.6 Å². The Morgan fingerprint density at radius 2 is 1.88 bits per heavy atom. The number of nitrogens with zero attached hydrogens (tertiary/aromatic N) is 1. The normalized spacial score (nSPS) is 11.2. The maximum absolute atomic E-state index is 13.2. The zero-order valence-electron chi connectivity index (χ0n) is 16.8. The van der Waals surface area contributed by atoms with E-state index in [9.17, 15) is 22.8 Å². The molecule has 4 rings (SSSR count). The number of ether oxygens (including phenoxy) is 1. The van der Waals surface area contributed by atoms with Crippen LogP contribution in [0.4, 0.5) is 13.2 Å². The van der Waals surface area contributed by atoms with E-state index in [0.29, 0.717) is 26.5 Å². The summed E-state index contributed by atoms with van der Waals surface area (Å²) < 4.78 is 41.8. The van der Waals surface area contributed by atoms with E-state index < -0.39 is 6.61 Å². The lowest BCUT2D eigenvalue weighted by atomic mass is 10.1. The lowest BCUT2D eigenvalue weighted by molar-refractivity contribution is -0.118. The van der Waals surface area contributed by atoms with Crippen LogP contribution in [0.5, 0.6) is 5.75 Å². The second kappa shape index (κ2) is 10.1. The van der Waals surface area contributed by atoms with Gasteiger partial charge in [-0.25, -0.2) is 9.37 Å². The molecule has 0 bridgehead atoms. The molecular formula is C22H16F3N3O3S2. The molecule has 2 heterocycles. The van der Waals surface area contributed by atoms with Gasteiger partial charge in [0.25, 0.3) is 5.56 Å². The summed E-state index contributed by atoms with van der Waals surface area (Å²) in [4.78, 5) is 32.4.